The molecule has 0 aliphatic heterocycles. The van der Waals surface area contributed by atoms with Gasteiger partial charge in [-0.1, -0.05) is 6.42 Å². The Morgan fingerprint density at radius 3 is 2.37 bits per heavy atom. The van der Waals surface area contributed by atoms with Crippen LogP contribution in [0.5, 0.6) is 0 Å². The van der Waals surface area contributed by atoms with Gasteiger partial charge in [-0.25, -0.2) is 13.1 Å². The summed E-state index contributed by atoms with van der Waals surface area (Å²) >= 11 is 2.11. The van der Waals surface area contributed by atoms with Crippen molar-refractivity contribution in [2.24, 2.45) is 0 Å². The van der Waals surface area contributed by atoms with Crippen molar-refractivity contribution in [2.45, 2.75) is 30.6 Å². The molecule has 1 aromatic carbocycles. The molecule has 0 aliphatic carbocycles. The Morgan fingerprint density at radius 2 is 1.79 bits per heavy atom. The zero-order valence-electron chi connectivity index (χ0n) is 10.3. The number of hydrogen-bond donors (Lipinski definition) is 2. The molecule has 0 aromatic heterocycles. The number of sulfonamides is 1. The molecule has 0 radical (unpaired) electrons. The number of halogens is 1. The molecule has 106 valence electrons. The van der Waals surface area contributed by atoms with Gasteiger partial charge in [0.2, 0.25) is 10.0 Å². The van der Waals surface area contributed by atoms with Crippen molar-refractivity contribution in [2.75, 3.05) is 6.54 Å². The average molecular weight is 397 g/mol. The molecule has 0 heterocycles. The lowest BCUT2D eigenvalue weighted by Gasteiger charge is -2.06. The van der Waals surface area contributed by atoms with E-state index in [9.17, 15) is 13.2 Å². The lowest BCUT2D eigenvalue weighted by Crippen LogP contribution is -2.24. The predicted octanol–water partition coefficient (Wildman–Crippen LogP) is 2.21. The molecular weight excluding hydrogens is 381 g/mol. The maximum atomic E-state index is 11.9. The zero-order chi connectivity index (χ0) is 14.3. The van der Waals surface area contributed by atoms with E-state index in [0.717, 1.165) is 3.57 Å². The summed E-state index contributed by atoms with van der Waals surface area (Å²) in [6.45, 7) is 0.327. The Hall–Kier alpha value is -0.670. The summed E-state index contributed by atoms with van der Waals surface area (Å²) in [5.74, 6) is -0.820. The van der Waals surface area contributed by atoms with Gasteiger partial charge in [-0.2, -0.15) is 0 Å². The minimum Gasteiger partial charge on any atom is -0.481 e. The molecule has 19 heavy (non-hydrogen) atoms. The first-order chi connectivity index (χ1) is 8.92. The molecule has 0 fully saturated rings. The zero-order valence-corrected chi connectivity index (χ0v) is 13.3. The van der Waals surface area contributed by atoms with Crippen molar-refractivity contribution in [1.82, 2.24) is 4.72 Å². The highest BCUT2D eigenvalue weighted by atomic mass is 127. The number of carboxylic acid groups (broad SMARTS) is 1. The van der Waals surface area contributed by atoms with Crippen molar-refractivity contribution in [3.8, 4) is 0 Å². The minimum absolute atomic E-state index is 0.129. The molecule has 0 saturated heterocycles. The van der Waals surface area contributed by atoms with Gasteiger partial charge < -0.3 is 5.11 Å². The maximum Gasteiger partial charge on any atom is 0.303 e. The van der Waals surface area contributed by atoms with Crippen LogP contribution in [0.4, 0.5) is 0 Å². The Kier molecular flexibility index (Phi) is 6.73. The minimum atomic E-state index is -3.45. The number of rotatable bonds is 8. The summed E-state index contributed by atoms with van der Waals surface area (Å²) in [5, 5.41) is 8.46. The summed E-state index contributed by atoms with van der Waals surface area (Å²) in [6.07, 6.45) is 2.03. The highest BCUT2D eigenvalue weighted by molar-refractivity contribution is 14.1. The number of carboxylic acids is 1. The van der Waals surface area contributed by atoms with E-state index in [2.05, 4.69) is 27.3 Å². The molecule has 2 N–H and O–H groups in total. The van der Waals surface area contributed by atoms with Gasteiger partial charge in [0.25, 0.3) is 0 Å². The lowest BCUT2D eigenvalue weighted by molar-refractivity contribution is -0.137. The van der Waals surface area contributed by atoms with E-state index in [-0.39, 0.29) is 11.3 Å². The average Bonchev–Trinajstić information content (AvgIpc) is 2.34. The first-order valence-corrected chi connectivity index (χ1v) is 8.45. The van der Waals surface area contributed by atoms with Crippen molar-refractivity contribution in [1.29, 1.82) is 0 Å². The van der Waals surface area contributed by atoms with E-state index in [1.165, 1.54) is 0 Å². The largest absolute Gasteiger partial charge is 0.481 e. The molecular formula is C12H16INO4S. The normalized spacial score (nSPS) is 11.4. The van der Waals surface area contributed by atoms with Crippen molar-refractivity contribution < 1.29 is 18.3 Å². The first kappa shape index (κ1) is 16.4. The van der Waals surface area contributed by atoms with Gasteiger partial charge >= 0.3 is 5.97 Å². The van der Waals surface area contributed by atoms with E-state index in [1.807, 2.05) is 0 Å². The van der Waals surface area contributed by atoms with Crippen LogP contribution in [-0.4, -0.2) is 26.0 Å². The molecule has 0 bridgehead atoms. The summed E-state index contributed by atoms with van der Waals surface area (Å²) in [6, 6.07) is 6.60. The van der Waals surface area contributed by atoms with Crippen LogP contribution in [0.1, 0.15) is 25.7 Å². The maximum absolute atomic E-state index is 11.9. The Bertz CT molecular complexity index is 513. The fourth-order valence-corrected chi connectivity index (χ4v) is 2.92. The van der Waals surface area contributed by atoms with Crippen LogP contribution in [0, 0.1) is 3.57 Å². The molecule has 0 spiro atoms. The highest BCUT2D eigenvalue weighted by Gasteiger charge is 2.12. The third-order valence-corrected chi connectivity index (χ3v) is 4.68. The first-order valence-electron chi connectivity index (χ1n) is 5.89. The van der Waals surface area contributed by atoms with Crippen molar-refractivity contribution in [3.05, 3.63) is 27.8 Å². The van der Waals surface area contributed by atoms with E-state index in [1.54, 1.807) is 24.3 Å². The second-order valence-electron chi connectivity index (χ2n) is 4.06. The van der Waals surface area contributed by atoms with Crippen LogP contribution in [0.15, 0.2) is 29.2 Å². The number of aliphatic carboxylic acids is 1. The predicted molar refractivity (Wildman–Crippen MR) is 80.5 cm³/mol. The topological polar surface area (TPSA) is 83.5 Å². The Morgan fingerprint density at radius 1 is 1.16 bits per heavy atom. The van der Waals surface area contributed by atoms with E-state index in [0.29, 0.717) is 25.8 Å². The fraction of sp³-hybridized carbons (Fsp3) is 0.417. The standard InChI is InChI=1S/C12H16INO4S/c13-10-5-7-11(8-6-10)19(17,18)14-9-3-1-2-4-12(15)16/h5-8,14H,1-4,9H2,(H,15,16). The van der Waals surface area contributed by atoms with Gasteiger partial charge in [-0.05, 0) is 59.7 Å². The third-order valence-electron chi connectivity index (χ3n) is 2.48. The van der Waals surface area contributed by atoms with Gasteiger partial charge in [0.1, 0.15) is 0 Å². The van der Waals surface area contributed by atoms with E-state index >= 15 is 0 Å². The molecule has 0 amide bonds. The van der Waals surface area contributed by atoms with Crippen molar-refractivity contribution >= 4 is 38.6 Å². The second-order valence-corrected chi connectivity index (χ2v) is 7.07. The smallest absolute Gasteiger partial charge is 0.303 e. The van der Waals surface area contributed by atoms with Crippen LogP contribution < -0.4 is 4.72 Å². The molecule has 0 atom stereocenters. The molecule has 0 aliphatic rings. The number of carbonyl (C=O) groups is 1. The SMILES string of the molecule is O=C(O)CCCCCNS(=O)(=O)c1ccc(I)cc1. The molecule has 0 unspecified atom stereocenters. The van der Waals surface area contributed by atoms with Gasteiger partial charge in [-0.3, -0.25) is 4.79 Å². The fourth-order valence-electron chi connectivity index (χ4n) is 1.48. The summed E-state index contributed by atoms with van der Waals surface area (Å²) in [7, 11) is -3.45. The third kappa shape index (κ3) is 6.35. The number of benzene rings is 1. The second kappa shape index (κ2) is 7.81. The molecule has 5 nitrogen and oxygen atoms in total. The Labute approximate surface area is 126 Å². The highest BCUT2D eigenvalue weighted by Crippen LogP contribution is 2.12. The number of hydrogen-bond acceptors (Lipinski definition) is 3. The van der Waals surface area contributed by atoms with Crippen LogP contribution in [0.2, 0.25) is 0 Å². The lowest BCUT2D eigenvalue weighted by atomic mass is 10.2. The number of unbranched alkanes of at least 4 members (excludes halogenated alkanes) is 2. The molecule has 1 aromatic rings. The molecule has 1 rings (SSSR count). The van der Waals surface area contributed by atoms with Crippen LogP contribution >= 0.6 is 22.6 Å². The van der Waals surface area contributed by atoms with Crippen molar-refractivity contribution in [3.63, 3.8) is 0 Å². The van der Waals surface area contributed by atoms with Crippen LogP contribution in [0.3, 0.4) is 0 Å². The van der Waals surface area contributed by atoms with Crippen LogP contribution in [-0.2, 0) is 14.8 Å². The van der Waals surface area contributed by atoms with Gasteiger partial charge in [0, 0.05) is 16.5 Å². The monoisotopic (exact) mass is 397 g/mol. The molecule has 7 heteroatoms. The summed E-state index contributed by atoms with van der Waals surface area (Å²) < 4.78 is 27.2. The van der Waals surface area contributed by atoms with Gasteiger partial charge in [-0.15, -0.1) is 0 Å². The van der Waals surface area contributed by atoms with Gasteiger partial charge in [0.15, 0.2) is 0 Å². The number of nitrogens with one attached hydrogen (secondary N) is 1. The summed E-state index contributed by atoms with van der Waals surface area (Å²) in [4.78, 5) is 10.5. The molecule has 0 saturated carbocycles. The van der Waals surface area contributed by atoms with Gasteiger partial charge in [0.05, 0.1) is 4.90 Å². The summed E-state index contributed by atoms with van der Waals surface area (Å²) in [5.41, 5.74) is 0. The quantitative estimate of drug-likeness (QED) is 0.521. The van der Waals surface area contributed by atoms with E-state index < -0.39 is 16.0 Å². The van der Waals surface area contributed by atoms with E-state index in [4.69, 9.17) is 5.11 Å². The Balaban J connectivity index is 2.35. The van der Waals surface area contributed by atoms with Crippen LogP contribution in [0.25, 0.3) is 0 Å².